The molecule has 0 spiro atoms. The minimum atomic E-state index is -0.651. The summed E-state index contributed by atoms with van der Waals surface area (Å²) in [6.45, 7) is 3.80. The van der Waals surface area contributed by atoms with Gasteiger partial charge in [0.05, 0.1) is 23.3 Å². The number of rotatable bonds is 5. The lowest BCUT2D eigenvalue weighted by Gasteiger charge is -2.29. The number of non-ortho nitro benzene ring substituents is 1. The van der Waals surface area contributed by atoms with Crippen LogP contribution in [0.3, 0.4) is 0 Å². The van der Waals surface area contributed by atoms with Gasteiger partial charge in [0.25, 0.3) is 17.5 Å². The summed E-state index contributed by atoms with van der Waals surface area (Å²) in [5, 5.41) is 13.7. The molecule has 10 heteroatoms. The average Bonchev–Trinajstić information content (AvgIpc) is 3.24. The first kappa shape index (κ1) is 22.9. The molecule has 2 amide bonds. The van der Waals surface area contributed by atoms with Crippen molar-refractivity contribution in [1.29, 1.82) is 0 Å². The van der Waals surface area contributed by atoms with Crippen molar-refractivity contribution in [1.82, 2.24) is 5.32 Å². The van der Waals surface area contributed by atoms with Gasteiger partial charge in [-0.1, -0.05) is 6.07 Å². The van der Waals surface area contributed by atoms with Crippen molar-refractivity contribution in [3.05, 3.63) is 81.1 Å². The van der Waals surface area contributed by atoms with Gasteiger partial charge in [-0.15, -0.1) is 0 Å². The van der Waals surface area contributed by atoms with Gasteiger partial charge in [0.2, 0.25) is 0 Å². The van der Waals surface area contributed by atoms with Gasteiger partial charge >= 0.3 is 0 Å². The zero-order valence-corrected chi connectivity index (χ0v) is 19.3. The van der Waals surface area contributed by atoms with Crippen LogP contribution in [-0.4, -0.2) is 29.0 Å². The number of nitro groups is 1. The normalized spacial score (nSPS) is 15.0. The minimum absolute atomic E-state index is 0.0152. The Morgan fingerprint density at radius 3 is 2.44 bits per heavy atom. The molecule has 0 bridgehead atoms. The Balaban J connectivity index is 1.72. The molecule has 4 rings (SSSR count). The summed E-state index contributed by atoms with van der Waals surface area (Å²) in [6, 6.07) is 12.8. The molecular weight excluding hydrogens is 458 g/mol. The van der Waals surface area contributed by atoms with E-state index in [0.717, 1.165) is 11.1 Å². The van der Waals surface area contributed by atoms with Gasteiger partial charge in [0.15, 0.2) is 5.11 Å². The fourth-order valence-corrected chi connectivity index (χ4v) is 3.97. The van der Waals surface area contributed by atoms with Gasteiger partial charge in [-0.2, -0.15) is 0 Å². The number of benzene rings is 2. The van der Waals surface area contributed by atoms with Crippen molar-refractivity contribution in [2.45, 2.75) is 13.8 Å². The molecule has 1 N–H and O–H groups in total. The van der Waals surface area contributed by atoms with Gasteiger partial charge < -0.3 is 9.15 Å². The summed E-state index contributed by atoms with van der Waals surface area (Å²) < 4.78 is 11.1. The Labute approximate surface area is 199 Å². The maximum Gasteiger partial charge on any atom is 0.270 e. The summed E-state index contributed by atoms with van der Waals surface area (Å²) >= 11 is 5.25. The van der Waals surface area contributed by atoms with E-state index in [-0.39, 0.29) is 27.9 Å². The molecule has 2 aromatic carbocycles. The number of anilines is 1. The SMILES string of the molecule is COc1ccc([N+](=O)[O-])cc1-c1ccc(C=C2C(=O)NC(=S)N(c3cc(C)cc(C)c3)C2=O)o1. The number of hydrogen-bond acceptors (Lipinski definition) is 7. The molecule has 9 nitrogen and oxygen atoms in total. The van der Waals surface area contributed by atoms with Crippen molar-refractivity contribution in [2.75, 3.05) is 12.0 Å². The zero-order chi connectivity index (χ0) is 24.6. The number of nitrogens with one attached hydrogen (secondary N) is 1. The van der Waals surface area contributed by atoms with E-state index in [9.17, 15) is 19.7 Å². The summed E-state index contributed by atoms with van der Waals surface area (Å²) in [7, 11) is 1.44. The third-order valence-electron chi connectivity index (χ3n) is 5.14. The molecular formula is C24H19N3O6S. The van der Waals surface area contributed by atoms with E-state index in [1.165, 1.54) is 36.3 Å². The molecule has 0 radical (unpaired) electrons. The van der Waals surface area contributed by atoms with E-state index >= 15 is 0 Å². The Hall–Kier alpha value is -4.31. The van der Waals surface area contributed by atoms with Gasteiger partial charge in [-0.3, -0.25) is 29.9 Å². The van der Waals surface area contributed by atoms with Crippen LogP contribution in [0.1, 0.15) is 16.9 Å². The number of thiocarbonyl (C=S) groups is 1. The lowest BCUT2D eigenvalue weighted by atomic mass is 10.1. The number of amides is 2. The van der Waals surface area contributed by atoms with Gasteiger partial charge in [0, 0.05) is 12.1 Å². The van der Waals surface area contributed by atoms with Crippen molar-refractivity contribution >= 4 is 46.6 Å². The smallest absolute Gasteiger partial charge is 0.270 e. The number of furan rings is 1. The van der Waals surface area contributed by atoms with Crippen LogP contribution in [0.25, 0.3) is 17.4 Å². The maximum atomic E-state index is 13.2. The standard InChI is InChI=1S/C24H19N3O6S/c1-13-8-14(2)10-16(9-13)26-23(29)19(22(28)25-24(26)34)12-17-5-7-21(33-17)18-11-15(27(30)31)4-6-20(18)32-3/h4-12H,1-3H3,(H,25,28,34). The molecule has 0 saturated carbocycles. The first-order chi connectivity index (χ1) is 16.2. The highest BCUT2D eigenvalue weighted by atomic mass is 32.1. The molecule has 172 valence electrons. The van der Waals surface area contributed by atoms with Crippen LogP contribution in [0.15, 0.2) is 58.5 Å². The molecule has 0 unspecified atom stereocenters. The fourth-order valence-electron chi connectivity index (χ4n) is 3.69. The molecule has 1 aromatic heterocycles. The zero-order valence-electron chi connectivity index (χ0n) is 18.4. The molecule has 0 aliphatic carbocycles. The highest BCUT2D eigenvalue weighted by Gasteiger charge is 2.35. The van der Waals surface area contributed by atoms with E-state index < -0.39 is 16.7 Å². The Kier molecular flexibility index (Phi) is 5.99. The molecule has 3 aromatic rings. The molecule has 1 saturated heterocycles. The first-order valence-corrected chi connectivity index (χ1v) is 10.5. The van der Waals surface area contributed by atoms with Crippen molar-refractivity contribution < 1.29 is 23.7 Å². The third-order valence-corrected chi connectivity index (χ3v) is 5.42. The summed E-state index contributed by atoms with van der Waals surface area (Å²) in [5.74, 6) is -0.392. The van der Waals surface area contributed by atoms with Crippen molar-refractivity contribution in [3.63, 3.8) is 0 Å². The second-order valence-corrected chi connectivity index (χ2v) is 8.03. The second kappa shape index (κ2) is 8.91. The number of aryl methyl sites for hydroxylation is 2. The number of nitrogens with zero attached hydrogens (tertiary/aromatic N) is 2. The van der Waals surface area contributed by atoms with Gasteiger partial charge in [-0.05, 0) is 73.6 Å². The number of carbonyl (C=O) groups excluding carboxylic acids is 2. The predicted molar refractivity (Wildman–Crippen MR) is 129 cm³/mol. The van der Waals surface area contributed by atoms with Crippen LogP contribution in [0.2, 0.25) is 0 Å². The van der Waals surface area contributed by atoms with Crippen LogP contribution in [0.5, 0.6) is 5.75 Å². The molecule has 1 fully saturated rings. The van der Waals surface area contributed by atoms with E-state index in [1.54, 1.807) is 24.3 Å². The number of nitro benzene ring substituents is 1. The topological polar surface area (TPSA) is 115 Å². The predicted octanol–water partition coefficient (Wildman–Crippen LogP) is 4.31. The van der Waals surface area contributed by atoms with Crippen LogP contribution in [0.4, 0.5) is 11.4 Å². The molecule has 1 aliphatic heterocycles. The van der Waals surface area contributed by atoms with E-state index in [1.807, 2.05) is 19.9 Å². The van der Waals surface area contributed by atoms with Gasteiger partial charge in [-0.25, -0.2) is 0 Å². The second-order valence-electron chi connectivity index (χ2n) is 7.65. The Morgan fingerprint density at radius 1 is 1.09 bits per heavy atom. The van der Waals surface area contributed by atoms with Crippen LogP contribution < -0.4 is 15.0 Å². The number of hydrogen-bond donors (Lipinski definition) is 1. The average molecular weight is 477 g/mol. The Bertz CT molecular complexity index is 1370. The van der Waals surface area contributed by atoms with E-state index in [4.69, 9.17) is 21.4 Å². The lowest BCUT2D eigenvalue weighted by molar-refractivity contribution is -0.384. The molecule has 34 heavy (non-hydrogen) atoms. The van der Waals surface area contributed by atoms with E-state index in [0.29, 0.717) is 17.0 Å². The van der Waals surface area contributed by atoms with Crippen LogP contribution in [0, 0.1) is 24.0 Å². The van der Waals surface area contributed by atoms with Crippen LogP contribution >= 0.6 is 12.2 Å². The molecule has 1 aliphatic rings. The first-order valence-electron chi connectivity index (χ1n) is 10.1. The minimum Gasteiger partial charge on any atom is -0.496 e. The van der Waals surface area contributed by atoms with E-state index in [2.05, 4.69) is 5.32 Å². The summed E-state index contributed by atoms with van der Waals surface area (Å²) in [5.41, 5.74) is 2.48. The van der Waals surface area contributed by atoms with Crippen molar-refractivity contribution in [2.24, 2.45) is 0 Å². The van der Waals surface area contributed by atoms with Crippen molar-refractivity contribution in [3.8, 4) is 17.1 Å². The summed E-state index contributed by atoms with van der Waals surface area (Å²) in [6.07, 6.45) is 1.31. The highest BCUT2D eigenvalue weighted by molar-refractivity contribution is 7.80. The monoisotopic (exact) mass is 477 g/mol. The Morgan fingerprint density at radius 2 is 1.79 bits per heavy atom. The molecule has 0 atom stereocenters. The van der Waals surface area contributed by atoms with Crippen LogP contribution in [-0.2, 0) is 9.59 Å². The lowest BCUT2D eigenvalue weighted by Crippen LogP contribution is -2.54. The largest absolute Gasteiger partial charge is 0.496 e. The number of ether oxygens (including phenoxy) is 1. The quantitative estimate of drug-likeness (QED) is 0.191. The highest BCUT2D eigenvalue weighted by Crippen LogP contribution is 2.35. The third kappa shape index (κ3) is 4.30. The maximum absolute atomic E-state index is 13.2. The fraction of sp³-hybridized carbons (Fsp3) is 0.125. The molecule has 2 heterocycles. The number of carbonyl (C=O) groups is 2. The number of methoxy groups -OCH3 is 1. The summed E-state index contributed by atoms with van der Waals surface area (Å²) in [4.78, 5) is 37.7. The van der Waals surface area contributed by atoms with Gasteiger partial charge in [0.1, 0.15) is 22.8 Å².